The monoisotopic (exact) mass is 439 g/mol. The Kier molecular flexibility index (Phi) is 6.06. The number of nitrogens with one attached hydrogen (secondary N) is 1. The molecular formula is C19H22BrNO6. The minimum absolute atomic E-state index is 0.0657. The number of ether oxygens (including phenoxy) is 4. The van der Waals surface area contributed by atoms with Crippen molar-refractivity contribution in [3.8, 4) is 11.5 Å². The van der Waals surface area contributed by atoms with E-state index in [1.54, 1.807) is 19.1 Å². The summed E-state index contributed by atoms with van der Waals surface area (Å²) >= 11 is 3.52. The van der Waals surface area contributed by atoms with Gasteiger partial charge in [-0.2, -0.15) is 0 Å². The van der Waals surface area contributed by atoms with Gasteiger partial charge in [-0.15, -0.1) is 0 Å². The first-order valence-corrected chi connectivity index (χ1v) is 9.54. The topological polar surface area (TPSA) is 83.1 Å². The van der Waals surface area contributed by atoms with Gasteiger partial charge in [0.05, 0.1) is 18.3 Å². The molecule has 0 bridgehead atoms. The Balaban J connectivity index is 1.85. The third-order valence-corrected chi connectivity index (χ3v) is 5.01. The average molecular weight is 440 g/mol. The summed E-state index contributed by atoms with van der Waals surface area (Å²) in [5.41, 5.74) is 1.70. The van der Waals surface area contributed by atoms with Crippen LogP contribution in [0.3, 0.4) is 0 Å². The molecule has 2 aliphatic heterocycles. The first-order chi connectivity index (χ1) is 12.9. The van der Waals surface area contributed by atoms with Gasteiger partial charge in [0.2, 0.25) is 12.7 Å². The van der Waals surface area contributed by atoms with Crippen molar-refractivity contribution in [1.29, 1.82) is 0 Å². The van der Waals surface area contributed by atoms with Crippen LogP contribution in [0.15, 0.2) is 27.9 Å². The number of allylic oxidation sites excluding steroid dienone is 1. The number of hydrogen-bond donors (Lipinski definition) is 1. The van der Waals surface area contributed by atoms with Crippen LogP contribution in [0, 0.1) is 0 Å². The van der Waals surface area contributed by atoms with Crippen LogP contribution in [0.1, 0.15) is 38.7 Å². The van der Waals surface area contributed by atoms with Gasteiger partial charge < -0.3 is 24.3 Å². The number of benzene rings is 1. The lowest BCUT2D eigenvalue weighted by molar-refractivity contribution is -0.141. The van der Waals surface area contributed by atoms with Gasteiger partial charge in [-0.1, -0.05) is 15.9 Å². The van der Waals surface area contributed by atoms with Gasteiger partial charge in [0, 0.05) is 22.5 Å². The molecule has 0 saturated carbocycles. The summed E-state index contributed by atoms with van der Waals surface area (Å²) in [6.07, 6.45) is 0.207. The minimum atomic E-state index is -0.463. The highest BCUT2D eigenvalue weighted by Crippen LogP contribution is 2.43. The van der Waals surface area contributed by atoms with Crippen molar-refractivity contribution in [2.75, 3.05) is 20.0 Å². The summed E-state index contributed by atoms with van der Waals surface area (Å²) in [4.78, 5) is 24.8. The van der Waals surface area contributed by atoms with E-state index in [1.807, 2.05) is 13.8 Å². The molecule has 1 N–H and O–H groups in total. The fourth-order valence-corrected chi connectivity index (χ4v) is 3.73. The summed E-state index contributed by atoms with van der Waals surface area (Å²) in [7, 11) is 0. The molecule has 27 heavy (non-hydrogen) atoms. The largest absolute Gasteiger partial charge is 0.460 e. The van der Waals surface area contributed by atoms with Gasteiger partial charge >= 0.3 is 5.97 Å². The highest BCUT2D eigenvalue weighted by atomic mass is 79.9. The zero-order valence-electron chi connectivity index (χ0n) is 15.5. The van der Waals surface area contributed by atoms with Crippen molar-refractivity contribution in [2.24, 2.45) is 0 Å². The zero-order valence-corrected chi connectivity index (χ0v) is 17.1. The maximum atomic E-state index is 12.7. The lowest BCUT2D eigenvalue weighted by Gasteiger charge is -2.27. The second-order valence-corrected chi connectivity index (χ2v) is 7.48. The fraction of sp³-hybridized carbons (Fsp3) is 0.474. The van der Waals surface area contributed by atoms with Crippen LogP contribution in [0.4, 0.5) is 0 Å². The van der Waals surface area contributed by atoms with Crippen LogP contribution in [-0.4, -0.2) is 38.0 Å². The zero-order chi connectivity index (χ0) is 19.6. The van der Waals surface area contributed by atoms with Crippen molar-refractivity contribution in [1.82, 2.24) is 5.32 Å². The van der Waals surface area contributed by atoms with Crippen LogP contribution >= 0.6 is 15.9 Å². The predicted molar refractivity (Wildman–Crippen MR) is 101 cm³/mol. The van der Waals surface area contributed by atoms with E-state index in [0.717, 1.165) is 10.0 Å². The highest BCUT2D eigenvalue weighted by Gasteiger charge is 2.35. The Hall–Kier alpha value is -2.06. The van der Waals surface area contributed by atoms with Crippen LogP contribution in [-0.2, 0) is 19.1 Å². The molecular weight excluding hydrogens is 418 g/mol. The lowest BCUT2D eigenvalue weighted by atomic mass is 9.84. The number of halogens is 1. The van der Waals surface area contributed by atoms with E-state index < -0.39 is 11.9 Å². The van der Waals surface area contributed by atoms with Crippen molar-refractivity contribution in [3.05, 3.63) is 33.4 Å². The molecule has 1 aromatic carbocycles. The number of carbonyl (C=O) groups excluding carboxylic acids is 2. The molecule has 8 heteroatoms. The van der Waals surface area contributed by atoms with Gasteiger partial charge in [0.1, 0.15) is 6.61 Å². The molecule has 0 unspecified atom stereocenters. The Morgan fingerprint density at radius 1 is 1.30 bits per heavy atom. The molecule has 1 atom stereocenters. The second kappa shape index (κ2) is 8.31. The maximum Gasteiger partial charge on any atom is 0.336 e. The Bertz CT molecular complexity index is 789. The minimum Gasteiger partial charge on any atom is -0.460 e. The summed E-state index contributed by atoms with van der Waals surface area (Å²) in [5, 5.41) is 2.73. The molecule has 1 aromatic rings. The number of esters is 1. The number of hydrogen-bond acceptors (Lipinski definition) is 6. The quantitative estimate of drug-likeness (QED) is 0.541. The summed E-state index contributed by atoms with van der Waals surface area (Å²) in [6.45, 7) is 6.15. The van der Waals surface area contributed by atoms with E-state index >= 15 is 0 Å². The highest BCUT2D eigenvalue weighted by molar-refractivity contribution is 9.10. The van der Waals surface area contributed by atoms with Gasteiger partial charge in [-0.05, 0) is 38.5 Å². The molecule has 7 nitrogen and oxygen atoms in total. The van der Waals surface area contributed by atoms with E-state index in [1.165, 1.54) is 0 Å². The second-order valence-electron chi connectivity index (χ2n) is 6.63. The first-order valence-electron chi connectivity index (χ1n) is 8.75. The van der Waals surface area contributed by atoms with E-state index in [9.17, 15) is 9.59 Å². The number of amides is 1. The van der Waals surface area contributed by atoms with E-state index in [-0.39, 0.29) is 31.8 Å². The predicted octanol–water partition coefficient (Wildman–Crippen LogP) is 3.02. The molecule has 0 saturated heterocycles. The smallest absolute Gasteiger partial charge is 0.336 e. The third kappa shape index (κ3) is 4.44. The molecule has 0 fully saturated rings. The molecule has 3 rings (SSSR count). The number of rotatable bonds is 6. The molecule has 0 aliphatic carbocycles. The standard InChI is InChI=1S/C19H22BrNO6/c1-10(2)24-4-5-25-19(23)18-11(3)21-17(22)7-13(18)12-6-15-16(8-14(12)20)27-9-26-15/h6,8,10,13H,4-5,7,9H2,1-3H3,(H,21,22)/t13-/m1/s1. The molecule has 2 aliphatic rings. The fourth-order valence-electron chi connectivity index (χ4n) is 3.13. The van der Waals surface area contributed by atoms with E-state index in [0.29, 0.717) is 29.4 Å². The third-order valence-electron chi connectivity index (χ3n) is 4.32. The van der Waals surface area contributed by atoms with Crippen molar-refractivity contribution >= 4 is 27.8 Å². The summed E-state index contributed by atoms with van der Waals surface area (Å²) < 4.78 is 22.3. The Labute approximate surface area is 166 Å². The van der Waals surface area contributed by atoms with Gasteiger partial charge in [-0.3, -0.25) is 4.79 Å². The number of fused-ring (bicyclic) bond motifs is 1. The van der Waals surface area contributed by atoms with Crippen molar-refractivity contribution < 1.29 is 28.5 Å². The average Bonchev–Trinajstić information content (AvgIpc) is 3.04. The van der Waals surface area contributed by atoms with E-state index in [4.69, 9.17) is 18.9 Å². The van der Waals surface area contributed by atoms with E-state index in [2.05, 4.69) is 21.2 Å². The van der Waals surface area contributed by atoms with Gasteiger partial charge in [-0.25, -0.2) is 4.79 Å². The van der Waals surface area contributed by atoms with Gasteiger partial charge in [0.25, 0.3) is 0 Å². The summed E-state index contributed by atoms with van der Waals surface area (Å²) in [6, 6.07) is 3.59. The molecule has 0 radical (unpaired) electrons. The van der Waals surface area contributed by atoms with Crippen LogP contribution < -0.4 is 14.8 Å². The molecule has 1 amide bonds. The molecule has 2 heterocycles. The SMILES string of the molecule is CC1=C(C(=O)OCCOC(C)C)[C@@H](c2cc3c(cc2Br)OCO3)CC(=O)N1. The maximum absolute atomic E-state index is 12.7. The van der Waals surface area contributed by atoms with Crippen molar-refractivity contribution in [2.45, 2.75) is 39.2 Å². The Morgan fingerprint density at radius 3 is 2.70 bits per heavy atom. The van der Waals surface area contributed by atoms with Crippen molar-refractivity contribution in [3.63, 3.8) is 0 Å². The number of carbonyl (C=O) groups is 2. The summed E-state index contributed by atoms with van der Waals surface area (Å²) in [5.74, 6) is 0.161. The first kappa shape index (κ1) is 19.7. The van der Waals surface area contributed by atoms with Gasteiger partial charge in [0.15, 0.2) is 11.5 Å². The molecule has 146 valence electrons. The van der Waals surface area contributed by atoms with Crippen LogP contribution in [0.2, 0.25) is 0 Å². The normalized spacial score (nSPS) is 18.7. The Morgan fingerprint density at radius 2 is 2.00 bits per heavy atom. The molecule has 0 spiro atoms. The molecule has 0 aromatic heterocycles. The van der Waals surface area contributed by atoms with Crippen LogP contribution in [0.5, 0.6) is 11.5 Å². The lowest BCUT2D eigenvalue weighted by Crippen LogP contribution is -2.34. The van der Waals surface area contributed by atoms with Crippen LogP contribution in [0.25, 0.3) is 0 Å².